The molecule has 3 aromatic rings. The minimum absolute atomic E-state index is 0.0586. The zero-order valence-corrected chi connectivity index (χ0v) is 34.1. The number of methoxy groups -OCH3 is 1. The SMILES string of the molecule is COc1ccc([Si](C)(C)[C@@H]2[C@@H](CC(=O)N3CCC[C@H]3CO)O[C@]3(C(=O)N(Cc4cccc(NC(=O)[C@H]5O[C@@H](O)[C@H](O)[C@@H](O)[C@@H]5O)c4)c4ccc([N+](=O)[O-])cc43)[C@H]2C)cc1. The van der Waals surface area contributed by atoms with Gasteiger partial charge in [-0.1, -0.05) is 49.5 Å². The van der Waals surface area contributed by atoms with Crippen molar-refractivity contribution >= 4 is 48.0 Å². The fraction of sp³-hybridized carbons (Fsp3) is 0.488. The van der Waals surface area contributed by atoms with E-state index in [9.17, 15) is 45.2 Å². The van der Waals surface area contributed by atoms with E-state index < -0.39 is 73.1 Å². The Bertz CT molecular complexity index is 2100. The highest BCUT2D eigenvalue weighted by Crippen LogP contribution is 2.60. The molecule has 3 aromatic carbocycles. The van der Waals surface area contributed by atoms with Crippen LogP contribution in [0.4, 0.5) is 17.1 Å². The summed E-state index contributed by atoms with van der Waals surface area (Å²) in [5, 5.41) is 66.1. The lowest BCUT2D eigenvalue weighted by molar-refractivity contribution is -0.385. The number of carbonyl (C=O) groups is 3. The first-order valence-electron chi connectivity index (χ1n) is 19.6. The van der Waals surface area contributed by atoms with Crippen molar-refractivity contribution in [2.24, 2.45) is 5.92 Å². The van der Waals surface area contributed by atoms with E-state index in [1.54, 1.807) is 36.3 Å². The number of nitrogens with one attached hydrogen (secondary N) is 1. The zero-order valence-electron chi connectivity index (χ0n) is 33.1. The number of hydrogen-bond acceptors (Lipinski definition) is 13. The molecule has 316 valence electrons. The van der Waals surface area contributed by atoms with Crippen molar-refractivity contribution in [1.29, 1.82) is 0 Å². The van der Waals surface area contributed by atoms with Crippen LogP contribution in [0.2, 0.25) is 18.6 Å². The van der Waals surface area contributed by atoms with Crippen LogP contribution in [-0.4, -0.2) is 124 Å². The summed E-state index contributed by atoms with van der Waals surface area (Å²) in [7, 11) is -1.11. The first-order valence-corrected chi connectivity index (χ1v) is 22.7. The smallest absolute Gasteiger partial charge is 0.269 e. The lowest BCUT2D eigenvalue weighted by atomic mass is 9.82. The standard InChI is InChI=1S/C41H50N4O13Si/c1-22-37(59(3,4)28-13-11-27(56-2)12-14-28)31(19-32(47)43-16-6-9-26(43)21-46)58-41(22)29-18-25(45(54)55)10-15-30(29)44(40(41)53)20-23-7-5-8-24(17-23)42-38(51)36-34(49)33(48)35(50)39(52)57-36/h5,7-8,10-15,17-18,22,26,31,33-37,39,46,48-50,52H,6,9,16,19-21H2,1-4H3,(H,42,51)/t22-,26-,31+,33-,34-,35+,36-,37-,39+,41+/m0/s1. The molecule has 59 heavy (non-hydrogen) atoms. The molecule has 10 atom stereocenters. The molecule has 18 heteroatoms. The van der Waals surface area contributed by atoms with Crippen molar-refractivity contribution in [2.45, 2.75) is 99.8 Å². The van der Waals surface area contributed by atoms with Gasteiger partial charge in [0, 0.05) is 35.8 Å². The second-order valence-electron chi connectivity index (χ2n) is 16.4. The molecule has 4 aliphatic rings. The highest BCUT2D eigenvalue weighted by Gasteiger charge is 2.67. The Morgan fingerprint density at radius 2 is 1.76 bits per heavy atom. The maximum atomic E-state index is 15.3. The van der Waals surface area contributed by atoms with Crippen LogP contribution in [0.15, 0.2) is 66.7 Å². The second kappa shape index (κ2) is 16.3. The molecule has 3 fully saturated rings. The lowest BCUT2D eigenvalue weighted by Gasteiger charge is -2.37. The normalized spacial score (nSPS) is 30.5. The monoisotopic (exact) mass is 834 g/mol. The maximum absolute atomic E-state index is 15.3. The molecule has 0 aliphatic carbocycles. The molecular formula is C41H50N4O13Si. The largest absolute Gasteiger partial charge is 0.497 e. The van der Waals surface area contributed by atoms with Crippen LogP contribution in [-0.2, 0) is 36.0 Å². The summed E-state index contributed by atoms with van der Waals surface area (Å²) in [6.07, 6.45) is -8.54. The predicted molar refractivity (Wildman–Crippen MR) is 214 cm³/mol. The Balaban J connectivity index is 1.25. The Hall–Kier alpha value is -4.79. The molecule has 3 amide bonds. The Morgan fingerprint density at radius 3 is 2.44 bits per heavy atom. The molecule has 0 aromatic heterocycles. The van der Waals surface area contributed by atoms with E-state index in [2.05, 4.69) is 18.4 Å². The van der Waals surface area contributed by atoms with Gasteiger partial charge in [-0.25, -0.2) is 0 Å². The number of amides is 3. The van der Waals surface area contributed by atoms with E-state index in [-0.39, 0.29) is 48.4 Å². The van der Waals surface area contributed by atoms with Gasteiger partial charge in [0.2, 0.25) is 5.91 Å². The van der Waals surface area contributed by atoms with E-state index in [4.69, 9.17) is 14.2 Å². The number of likely N-dealkylation sites (tertiary alicyclic amines) is 1. The summed E-state index contributed by atoms with van der Waals surface area (Å²) in [6, 6.07) is 18.1. The van der Waals surface area contributed by atoms with Gasteiger partial charge in [0.1, 0.15) is 24.1 Å². The van der Waals surface area contributed by atoms with Gasteiger partial charge in [0.25, 0.3) is 17.5 Å². The van der Waals surface area contributed by atoms with Crippen LogP contribution in [0.5, 0.6) is 5.75 Å². The number of ether oxygens (including phenoxy) is 3. The molecule has 1 spiro atoms. The van der Waals surface area contributed by atoms with Gasteiger partial charge in [-0.2, -0.15) is 0 Å². The summed E-state index contributed by atoms with van der Waals surface area (Å²) < 4.78 is 17.5. The zero-order chi connectivity index (χ0) is 42.6. The van der Waals surface area contributed by atoms with Crippen LogP contribution in [0.1, 0.15) is 37.3 Å². The van der Waals surface area contributed by atoms with Crippen LogP contribution in [0, 0.1) is 16.0 Å². The molecule has 3 saturated heterocycles. The minimum atomic E-state index is -2.69. The first kappa shape index (κ1) is 42.3. The molecule has 4 heterocycles. The van der Waals surface area contributed by atoms with E-state index in [0.29, 0.717) is 35.5 Å². The minimum Gasteiger partial charge on any atom is -0.497 e. The number of non-ortho nitro benzene ring substituents is 1. The number of nitro benzene ring substituents is 1. The van der Waals surface area contributed by atoms with E-state index in [1.165, 1.54) is 23.1 Å². The molecule has 0 unspecified atom stereocenters. The summed E-state index contributed by atoms with van der Waals surface area (Å²) in [6.45, 7) is 6.49. The third kappa shape index (κ3) is 7.41. The number of rotatable bonds is 11. The van der Waals surface area contributed by atoms with Crippen molar-refractivity contribution in [1.82, 2.24) is 4.90 Å². The number of nitrogens with zero attached hydrogens (tertiary/aromatic N) is 3. The Kier molecular flexibility index (Phi) is 11.7. The predicted octanol–water partition coefficient (Wildman–Crippen LogP) is 1.48. The van der Waals surface area contributed by atoms with Crippen molar-refractivity contribution in [3.05, 3.63) is 88.0 Å². The van der Waals surface area contributed by atoms with Gasteiger partial charge in [0.15, 0.2) is 18.0 Å². The highest BCUT2D eigenvalue weighted by atomic mass is 28.3. The van der Waals surface area contributed by atoms with Gasteiger partial charge < -0.3 is 54.9 Å². The lowest BCUT2D eigenvalue weighted by Crippen LogP contribution is -2.60. The molecule has 6 N–H and O–H groups in total. The van der Waals surface area contributed by atoms with Crippen LogP contribution < -0.4 is 20.1 Å². The fourth-order valence-corrected chi connectivity index (χ4v) is 13.6. The average Bonchev–Trinajstić information content (AvgIpc) is 3.88. The van der Waals surface area contributed by atoms with Crippen LogP contribution >= 0.6 is 0 Å². The number of hydrogen-bond donors (Lipinski definition) is 6. The number of anilines is 2. The van der Waals surface area contributed by atoms with Gasteiger partial charge >= 0.3 is 0 Å². The molecular weight excluding hydrogens is 785 g/mol. The number of carbonyl (C=O) groups excluding carboxylic acids is 3. The maximum Gasteiger partial charge on any atom is 0.269 e. The highest BCUT2D eigenvalue weighted by molar-refractivity contribution is 6.91. The van der Waals surface area contributed by atoms with Gasteiger partial charge in [0.05, 0.1) is 57.5 Å². The number of fused-ring (bicyclic) bond motifs is 2. The number of aliphatic hydroxyl groups is 5. The first-order chi connectivity index (χ1) is 28.0. The average molecular weight is 835 g/mol. The van der Waals surface area contributed by atoms with E-state index in [1.807, 2.05) is 31.2 Å². The fourth-order valence-electron chi connectivity index (χ4n) is 9.64. The van der Waals surface area contributed by atoms with Crippen molar-refractivity contribution < 1.29 is 59.1 Å². The number of benzene rings is 3. The summed E-state index contributed by atoms with van der Waals surface area (Å²) >= 11 is 0. The molecule has 7 rings (SSSR count). The van der Waals surface area contributed by atoms with Crippen molar-refractivity contribution in [3.63, 3.8) is 0 Å². The third-order valence-electron chi connectivity index (χ3n) is 12.7. The summed E-state index contributed by atoms with van der Waals surface area (Å²) in [5.41, 5.74) is -0.852. The molecule has 0 bridgehead atoms. The van der Waals surface area contributed by atoms with Crippen LogP contribution in [0.3, 0.4) is 0 Å². The molecule has 0 radical (unpaired) electrons. The van der Waals surface area contributed by atoms with Gasteiger partial charge in [-0.05, 0) is 54.3 Å². The Morgan fingerprint density at radius 1 is 1.03 bits per heavy atom. The van der Waals surface area contributed by atoms with E-state index in [0.717, 1.165) is 11.6 Å². The van der Waals surface area contributed by atoms with Crippen molar-refractivity contribution in [3.8, 4) is 5.75 Å². The second-order valence-corrected chi connectivity index (χ2v) is 21.1. The van der Waals surface area contributed by atoms with E-state index >= 15 is 4.79 Å². The molecule has 0 saturated carbocycles. The number of aliphatic hydroxyl groups excluding tert-OH is 5. The van der Waals surface area contributed by atoms with Gasteiger partial charge in [-0.3, -0.25) is 24.5 Å². The Labute approximate surface area is 341 Å². The van der Waals surface area contributed by atoms with Crippen molar-refractivity contribution in [2.75, 3.05) is 30.5 Å². The summed E-state index contributed by atoms with van der Waals surface area (Å²) in [4.78, 5) is 57.4. The van der Waals surface area contributed by atoms with Crippen LogP contribution in [0.25, 0.3) is 0 Å². The quantitative estimate of drug-likeness (QED) is 0.0913. The number of nitro groups is 1. The topological polar surface area (TPSA) is 242 Å². The molecule has 17 nitrogen and oxygen atoms in total. The molecule has 4 aliphatic heterocycles. The third-order valence-corrected chi connectivity index (χ3v) is 17.1. The summed E-state index contributed by atoms with van der Waals surface area (Å²) in [5.74, 6) is -1.48. The van der Waals surface area contributed by atoms with Gasteiger partial charge in [-0.15, -0.1) is 0 Å².